The summed E-state index contributed by atoms with van der Waals surface area (Å²) in [5.74, 6) is 0.594. The van der Waals surface area contributed by atoms with E-state index < -0.39 is 11.7 Å². The predicted molar refractivity (Wildman–Crippen MR) is 75.6 cm³/mol. The van der Waals surface area contributed by atoms with Gasteiger partial charge in [0.15, 0.2) is 0 Å². The van der Waals surface area contributed by atoms with Crippen molar-refractivity contribution in [2.75, 3.05) is 19.0 Å². The van der Waals surface area contributed by atoms with E-state index in [0.29, 0.717) is 18.0 Å². The van der Waals surface area contributed by atoms with E-state index in [-0.39, 0.29) is 0 Å². The number of carbonyl (C=O) groups is 1. The van der Waals surface area contributed by atoms with Crippen LogP contribution in [0.4, 0.5) is 10.5 Å². The fourth-order valence-corrected chi connectivity index (χ4v) is 1.57. The van der Waals surface area contributed by atoms with Crippen molar-refractivity contribution in [3.05, 3.63) is 23.8 Å². The third kappa shape index (κ3) is 5.18. The number of nitrogens with one attached hydrogen (secondary N) is 1. The normalized spacial score (nSPS) is 11.0. The molecule has 1 aromatic rings. The Hall–Kier alpha value is -1.75. The Morgan fingerprint density at radius 1 is 1.37 bits per heavy atom. The molecule has 0 saturated carbocycles. The number of ether oxygens (including phenoxy) is 2. The molecule has 0 spiro atoms. The van der Waals surface area contributed by atoms with Gasteiger partial charge in [0, 0.05) is 0 Å². The van der Waals surface area contributed by atoms with Crippen LogP contribution in [0.3, 0.4) is 0 Å². The van der Waals surface area contributed by atoms with E-state index in [1.54, 1.807) is 13.2 Å². The molecule has 0 atom stereocenters. The van der Waals surface area contributed by atoms with E-state index >= 15 is 0 Å². The van der Waals surface area contributed by atoms with Gasteiger partial charge < -0.3 is 15.2 Å². The van der Waals surface area contributed by atoms with Crippen molar-refractivity contribution in [2.24, 2.45) is 5.73 Å². The molecule has 3 N–H and O–H groups in total. The van der Waals surface area contributed by atoms with Crippen molar-refractivity contribution in [1.29, 1.82) is 0 Å². The standard InChI is InChI=1S/C14H22N2O3/c1-14(2,3)19-13(17)16-11-6-5-10(7-8-15)9-12(11)18-4/h5-6,9H,7-8,15H2,1-4H3,(H,16,17). The number of rotatable bonds is 4. The lowest BCUT2D eigenvalue weighted by atomic mass is 10.1. The number of benzene rings is 1. The molecule has 5 heteroatoms. The molecule has 0 fully saturated rings. The Kier molecular flexibility index (Phi) is 5.18. The molecule has 0 radical (unpaired) electrons. The smallest absolute Gasteiger partial charge is 0.412 e. The van der Waals surface area contributed by atoms with Crippen LogP contribution in [0.5, 0.6) is 5.75 Å². The lowest BCUT2D eigenvalue weighted by Gasteiger charge is -2.20. The monoisotopic (exact) mass is 266 g/mol. The van der Waals surface area contributed by atoms with Gasteiger partial charge >= 0.3 is 6.09 Å². The van der Waals surface area contributed by atoms with Crippen molar-refractivity contribution in [1.82, 2.24) is 0 Å². The molecule has 0 saturated heterocycles. The molecule has 1 amide bonds. The number of hydrogen-bond acceptors (Lipinski definition) is 4. The molecular weight excluding hydrogens is 244 g/mol. The number of carbonyl (C=O) groups excluding carboxylic acids is 1. The molecule has 106 valence electrons. The molecular formula is C14H22N2O3. The largest absolute Gasteiger partial charge is 0.495 e. The van der Waals surface area contributed by atoms with Crippen molar-refractivity contribution < 1.29 is 14.3 Å². The zero-order chi connectivity index (χ0) is 14.5. The highest BCUT2D eigenvalue weighted by Crippen LogP contribution is 2.26. The highest BCUT2D eigenvalue weighted by molar-refractivity contribution is 5.87. The fourth-order valence-electron chi connectivity index (χ4n) is 1.57. The lowest BCUT2D eigenvalue weighted by molar-refractivity contribution is 0.0635. The van der Waals surface area contributed by atoms with Crippen molar-refractivity contribution in [2.45, 2.75) is 32.8 Å². The van der Waals surface area contributed by atoms with Crippen molar-refractivity contribution >= 4 is 11.8 Å². The summed E-state index contributed by atoms with van der Waals surface area (Å²) in [5, 5.41) is 2.67. The van der Waals surface area contributed by atoms with Crippen LogP contribution < -0.4 is 15.8 Å². The van der Waals surface area contributed by atoms with Gasteiger partial charge in [0.05, 0.1) is 12.8 Å². The van der Waals surface area contributed by atoms with Gasteiger partial charge in [-0.05, 0) is 51.4 Å². The fraction of sp³-hybridized carbons (Fsp3) is 0.500. The average Bonchev–Trinajstić information content (AvgIpc) is 2.29. The second-order valence-corrected chi connectivity index (χ2v) is 5.20. The molecule has 1 rings (SSSR count). The Balaban J connectivity index is 2.80. The average molecular weight is 266 g/mol. The third-order valence-corrected chi connectivity index (χ3v) is 2.33. The topological polar surface area (TPSA) is 73.6 Å². The molecule has 5 nitrogen and oxygen atoms in total. The van der Waals surface area contributed by atoms with Crippen LogP contribution in [0.1, 0.15) is 26.3 Å². The third-order valence-electron chi connectivity index (χ3n) is 2.33. The zero-order valence-corrected chi connectivity index (χ0v) is 11.9. The van der Waals surface area contributed by atoms with Gasteiger partial charge in [-0.2, -0.15) is 0 Å². The van der Waals surface area contributed by atoms with Gasteiger partial charge in [-0.3, -0.25) is 5.32 Å². The maximum Gasteiger partial charge on any atom is 0.412 e. The van der Waals surface area contributed by atoms with E-state index in [4.69, 9.17) is 15.2 Å². The minimum atomic E-state index is -0.531. The molecule has 0 aliphatic heterocycles. The van der Waals surface area contributed by atoms with Crippen LogP contribution in [0, 0.1) is 0 Å². The second-order valence-electron chi connectivity index (χ2n) is 5.20. The summed E-state index contributed by atoms with van der Waals surface area (Å²) in [4.78, 5) is 11.7. The van der Waals surface area contributed by atoms with E-state index in [1.807, 2.05) is 32.9 Å². The summed E-state index contributed by atoms with van der Waals surface area (Å²) in [7, 11) is 1.56. The molecule has 0 aliphatic carbocycles. The van der Waals surface area contributed by atoms with Crippen LogP contribution in [-0.4, -0.2) is 25.3 Å². The number of hydrogen-bond donors (Lipinski definition) is 2. The molecule has 0 aromatic heterocycles. The minimum absolute atomic E-state index is 0.502. The lowest BCUT2D eigenvalue weighted by Crippen LogP contribution is -2.27. The van der Waals surface area contributed by atoms with Crippen LogP contribution in [0.25, 0.3) is 0 Å². The highest BCUT2D eigenvalue weighted by atomic mass is 16.6. The Morgan fingerprint density at radius 2 is 2.05 bits per heavy atom. The van der Waals surface area contributed by atoms with Crippen molar-refractivity contribution in [3.63, 3.8) is 0 Å². The predicted octanol–water partition coefficient (Wildman–Crippen LogP) is 2.54. The van der Waals surface area contributed by atoms with Gasteiger partial charge in [-0.25, -0.2) is 4.79 Å². The first kappa shape index (κ1) is 15.3. The molecule has 0 bridgehead atoms. The van der Waals surface area contributed by atoms with Crippen LogP contribution in [0.2, 0.25) is 0 Å². The van der Waals surface area contributed by atoms with E-state index in [1.165, 1.54) is 0 Å². The number of nitrogens with two attached hydrogens (primary N) is 1. The van der Waals surface area contributed by atoms with E-state index in [0.717, 1.165) is 12.0 Å². The molecule has 0 unspecified atom stereocenters. The van der Waals surface area contributed by atoms with Crippen LogP contribution in [-0.2, 0) is 11.2 Å². The van der Waals surface area contributed by atoms with Gasteiger partial charge in [0.25, 0.3) is 0 Å². The second kappa shape index (κ2) is 6.43. The first-order chi connectivity index (χ1) is 8.85. The van der Waals surface area contributed by atoms with Crippen LogP contribution in [0.15, 0.2) is 18.2 Å². The minimum Gasteiger partial charge on any atom is -0.495 e. The SMILES string of the molecule is COc1cc(CCN)ccc1NC(=O)OC(C)(C)C. The van der Waals surface area contributed by atoms with Crippen LogP contribution >= 0.6 is 0 Å². The molecule has 19 heavy (non-hydrogen) atoms. The Bertz CT molecular complexity index is 439. The zero-order valence-electron chi connectivity index (χ0n) is 11.9. The van der Waals surface area contributed by atoms with Gasteiger partial charge in [-0.1, -0.05) is 6.07 Å². The summed E-state index contributed by atoms with van der Waals surface area (Å²) < 4.78 is 10.4. The quantitative estimate of drug-likeness (QED) is 0.878. The van der Waals surface area contributed by atoms with Gasteiger partial charge in [0.1, 0.15) is 11.4 Å². The summed E-state index contributed by atoms with van der Waals surface area (Å²) in [6.07, 6.45) is 0.265. The van der Waals surface area contributed by atoms with Gasteiger partial charge in [0.2, 0.25) is 0 Å². The Labute approximate surface area is 114 Å². The summed E-state index contributed by atoms with van der Waals surface area (Å²) in [6.45, 7) is 6.01. The summed E-state index contributed by atoms with van der Waals surface area (Å²) in [6, 6.07) is 5.55. The van der Waals surface area contributed by atoms with Gasteiger partial charge in [-0.15, -0.1) is 0 Å². The summed E-state index contributed by atoms with van der Waals surface area (Å²) >= 11 is 0. The first-order valence-corrected chi connectivity index (χ1v) is 6.22. The number of amides is 1. The molecule has 0 aliphatic rings. The van der Waals surface area contributed by atoms with E-state index in [2.05, 4.69) is 5.32 Å². The number of methoxy groups -OCH3 is 1. The van der Waals surface area contributed by atoms with E-state index in [9.17, 15) is 4.79 Å². The first-order valence-electron chi connectivity index (χ1n) is 6.22. The molecule has 1 aromatic carbocycles. The van der Waals surface area contributed by atoms with Crippen molar-refractivity contribution in [3.8, 4) is 5.75 Å². The highest BCUT2D eigenvalue weighted by Gasteiger charge is 2.17. The maximum absolute atomic E-state index is 11.7. The Morgan fingerprint density at radius 3 is 2.58 bits per heavy atom. The number of anilines is 1. The maximum atomic E-state index is 11.7. The molecule has 0 heterocycles. The summed E-state index contributed by atoms with van der Waals surface area (Å²) in [5.41, 5.74) is 6.62.